The fourth-order valence-electron chi connectivity index (χ4n) is 3.38. The van der Waals surface area contributed by atoms with Crippen LogP contribution in [0.1, 0.15) is 52.7 Å². The van der Waals surface area contributed by atoms with Gasteiger partial charge in [0, 0.05) is 36.4 Å². The van der Waals surface area contributed by atoms with Crippen LogP contribution in [0, 0.1) is 5.92 Å². The summed E-state index contributed by atoms with van der Waals surface area (Å²) in [7, 11) is 0. The molecule has 2 atom stereocenters. The lowest BCUT2D eigenvalue weighted by Gasteiger charge is -2.33. The maximum absolute atomic E-state index is 12.4. The van der Waals surface area contributed by atoms with Crippen molar-refractivity contribution < 1.29 is 28.2 Å². The first kappa shape index (κ1) is 19.9. The van der Waals surface area contributed by atoms with Gasteiger partial charge in [0.15, 0.2) is 12.2 Å². The second-order valence-electron chi connectivity index (χ2n) is 7.93. The van der Waals surface area contributed by atoms with Gasteiger partial charge in [-0.1, -0.05) is 13.8 Å². The molecule has 1 aromatic heterocycles. The third-order valence-corrected chi connectivity index (χ3v) is 4.51. The van der Waals surface area contributed by atoms with Crippen molar-refractivity contribution in [3.8, 4) is 5.75 Å². The Labute approximate surface area is 162 Å². The molecule has 0 saturated carbocycles. The van der Waals surface area contributed by atoms with Crippen molar-refractivity contribution in [2.75, 3.05) is 0 Å². The van der Waals surface area contributed by atoms with E-state index in [1.54, 1.807) is 32.0 Å². The van der Waals surface area contributed by atoms with Crippen molar-refractivity contribution in [3.05, 3.63) is 40.2 Å². The highest BCUT2D eigenvalue weighted by Gasteiger charge is 2.48. The summed E-state index contributed by atoms with van der Waals surface area (Å²) in [5.41, 5.74) is -0.518. The molecule has 0 unspecified atom stereocenters. The number of ether oxygens (including phenoxy) is 3. The zero-order valence-corrected chi connectivity index (χ0v) is 16.6. The van der Waals surface area contributed by atoms with Crippen molar-refractivity contribution in [2.45, 2.75) is 58.8 Å². The number of benzene rings is 1. The Morgan fingerprint density at radius 1 is 1.21 bits per heavy atom. The molecule has 1 aromatic carbocycles. The van der Waals surface area contributed by atoms with E-state index in [-0.39, 0.29) is 18.3 Å². The van der Waals surface area contributed by atoms with Gasteiger partial charge < -0.3 is 18.6 Å². The van der Waals surface area contributed by atoms with Gasteiger partial charge >= 0.3 is 17.6 Å². The highest BCUT2D eigenvalue weighted by Crippen LogP contribution is 2.45. The molecule has 7 heteroatoms. The van der Waals surface area contributed by atoms with E-state index in [1.165, 1.54) is 13.0 Å². The van der Waals surface area contributed by atoms with Crippen LogP contribution in [0.15, 0.2) is 33.5 Å². The molecule has 1 aliphatic rings. The van der Waals surface area contributed by atoms with Crippen molar-refractivity contribution in [2.24, 2.45) is 5.92 Å². The molecule has 0 spiro atoms. The first-order chi connectivity index (χ1) is 13.1. The molecular weight excluding hydrogens is 364 g/mol. The SMILES string of the molecule is CC(=O)OC(C)(C)[C@@H]1Oc2cc3oc(=O)ccc3cc2[C@H]1OC(=O)CC(C)C. The van der Waals surface area contributed by atoms with E-state index in [1.807, 2.05) is 13.8 Å². The summed E-state index contributed by atoms with van der Waals surface area (Å²) in [6.07, 6.45) is -1.24. The monoisotopic (exact) mass is 388 g/mol. The minimum Gasteiger partial charge on any atom is -0.481 e. The van der Waals surface area contributed by atoms with Gasteiger partial charge in [-0.15, -0.1) is 0 Å². The number of hydrogen-bond donors (Lipinski definition) is 0. The van der Waals surface area contributed by atoms with E-state index in [0.29, 0.717) is 22.3 Å². The van der Waals surface area contributed by atoms with Crippen LogP contribution in [0.25, 0.3) is 11.0 Å². The van der Waals surface area contributed by atoms with Gasteiger partial charge in [0.2, 0.25) is 0 Å². The number of esters is 2. The number of carbonyl (C=O) groups excluding carboxylic acids is 2. The summed E-state index contributed by atoms with van der Waals surface area (Å²) in [6, 6.07) is 6.33. The standard InChI is InChI=1S/C21H24O7/c1-11(2)8-18(24)27-19-14-9-13-6-7-17(23)25-15(13)10-16(14)26-20(19)21(4,5)28-12(3)22/h6-7,9-11,19-20H,8H2,1-5H3/t19-,20-/m1/s1. The van der Waals surface area contributed by atoms with Crippen LogP contribution in [-0.4, -0.2) is 23.6 Å². The molecule has 28 heavy (non-hydrogen) atoms. The molecule has 2 aromatic rings. The first-order valence-corrected chi connectivity index (χ1v) is 9.20. The minimum atomic E-state index is -1.05. The largest absolute Gasteiger partial charge is 0.481 e. The molecule has 0 bridgehead atoms. The van der Waals surface area contributed by atoms with E-state index in [2.05, 4.69) is 0 Å². The fourth-order valence-corrected chi connectivity index (χ4v) is 3.38. The van der Waals surface area contributed by atoms with Crippen LogP contribution < -0.4 is 10.4 Å². The molecule has 0 N–H and O–H groups in total. The van der Waals surface area contributed by atoms with Crippen LogP contribution in [-0.2, 0) is 19.1 Å². The van der Waals surface area contributed by atoms with Crippen LogP contribution >= 0.6 is 0 Å². The first-order valence-electron chi connectivity index (χ1n) is 9.20. The molecule has 2 heterocycles. The number of carbonyl (C=O) groups is 2. The summed E-state index contributed by atoms with van der Waals surface area (Å²) in [4.78, 5) is 35.4. The second-order valence-corrected chi connectivity index (χ2v) is 7.93. The minimum absolute atomic E-state index is 0.139. The third kappa shape index (κ3) is 4.03. The highest BCUT2D eigenvalue weighted by molar-refractivity contribution is 5.80. The van der Waals surface area contributed by atoms with Gasteiger partial charge in [0.1, 0.15) is 16.9 Å². The second kappa shape index (κ2) is 7.30. The zero-order valence-electron chi connectivity index (χ0n) is 16.6. The normalized spacial score (nSPS) is 18.6. The Bertz CT molecular complexity index is 970. The average molecular weight is 388 g/mol. The maximum atomic E-state index is 12.4. The summed E-state index contributed by atoms with van der Waals surface area (Å²) in [5, 5.41) is 0.679. The van der Waals surface area contributed by atoms with Gasteiger partial charge in [-0.25, -0.2) is 4.79 Å². The summed E-state index contributed by atoms with van der Waals surface area (Å²) >= 11 is 0. The topological polar surface area (TPSA) is 92.0 Å². The van der Waals surface area contributed by atoms with Crippen LogP contribution in [0.4, 0.5) is 0 Å². The van der Waals surface area contributed by atoms with E-state index in [4.69, 9.17) is 18.6 Å². The Morgan fingerprint density at radius 3 is 2.57 bits per heavy atom. The molecule has 0 amide bonds. The molecular formula is C21H24O7. The molecule has 7 nitrogen and oxygen atoms in total. The summed E-state index contributed by atoms with van der Waals surface area (Å²) in [5.74, 6) is -0.262. The van der Waals surface area contributed by atoms with Crippen LogP contribution in [0.5, 0.6) is 5.75 Å². The lowest BCUT2D eigenvalue weighted by atomic mass is 9.93. The molecule has 0 radical (unpaired) electrons. The molecule has 1 aliphatic heterocycles. The third-order valence-electron chi connectivity index (χ3n) is 4.51. The lowest BCUT2D eigenvalue weighted by molar-refractivity contribution is -0.176. The zero-order chi connectivity index (χ0) is 20.6. The molecule has 0 aliphatic carbocycles. The molecule has 3 rings (SSSR count). The lowest BCUT2D eigenvalue weighted by Crippen LogP contribution is -2.46. The van der Waals surface area contributed by atoms with Gasteiger partial charge in [-0.05, 0) is 31.9 Å². The molecule has 0 saturated heterocycles. The van der Waals surface area contributed by atoms with E-state index >= 15 is 0 Å². The van der Waals surface area contributed by atoms with Gasteiger partial charge in [-0.3, -0.25) is 9.59 Å². The van der Waals surface area contributed by atoms with Crippen LogP contribution in [0.2, 0.25) is 0 Å². The van der Waals surface area contributed by atoms with Crippen molar-refractivity contribution >= 4 is 22.9 Å². The van der Waals surface area contributed by atoms with Crippen LogP contribution in [0.3, 0.4) is 0 Å². The summed E-state index contributed by atoms with van der Waals surface area (Å²) in [6.45, 7) is 8.57. The maximum Gasteiger partial charge on any atom is 0.336 e. The predicted octanol–water partition coefficient (Wildman–Crippen LogP) is 3.53. The average Bonchev–Trinajstić information content (AvgIpc) is 2.89. The molecule has 150 valence electrons. The van der Waals surface area contributed by atoms with E-state index in [9.17, 15) is 14.4 Å². The smallest absolute Gasteiger partial charge is 0.336 e. The van der Waals surface area contributed by atoms with E-state index < -0.39 is 29.4 Å². The van der Waals surface area contributed by atoms with Crippen molar-refractivity contribution in [1.29, 1.82) is 0 Å². The Hall–Kier alpha value is -2.83. The quantitative estimate of drug-likeness (QED) is 0.571. The fraction of sp³-hybridized carbons (Fsp3) is 0.476. The highest BCUT2D eigenvalue weighted by atomic mass is 16.6. The number of rotatable bonds is 5. The Kier molecular flexibility index (Phi) is 5.19. The summed E-state index contributed by atoms with van der Waals surface area (Å²) < 4.78 is 22.4. The Balaban J connectivity index is 2.04. The number of hydrogen-bond acceptors (Lipinski definition) is 7. The van der Waals surface area contributed by atoms with E-state index in [0.717, 1.165) is 0 Å². The van der Waals surface area contributed by atoms with Crippen molar-refractivity contribution in [1.82, 2.24) is 0 Å². The van der Waals surface area contributed by atoms with Crippen molar-refractivity contribution in [3.63, 3.8) is 0 Å². The van der Waals surface area contributed by atoms with Gasteiger partial charge in [0.25, 0.3) is 0 Å². The Morgan fingerprint density at radius 2 is 1.93 bits per heavy atom. The number of fused-ring (bicyclic) bond motifs is 2. The molecule has 0 fully saturated rings. The predicted molar refractivity (Wildman–Crippen MR) is 101 cm³/mol. The van der Waals surface area contributed by atoms with Gasteiger partial charge in [0.05, 0.1) is 0 Å². The van der Waals surface area contributed by atoms with Gasteiger partial charge in [-0.2, -0.15) is 0 Å².